The van der Waals surface area contributed by atoms with E-state index in [-0.39, 0.29) is 12.3 Å². The summed E-state index contributed by atoms with van der Waals surface area (Å²) in [6, 6.07) is 10.6. The standard InChI is InChI=1S/C22H17F3N4O2S/c1-11-19-15(12-4-3-5-13(8-12)22(23,24)25)10-18(30)27-20(19)29(28-11)21-26-16-7-6-14(31-2)9-17(16)32-21/h3-9,15H,10H2,1-2H3,(H,27,30)/t15-/m0/s1. The number of aromatic nitrogens is 3. The molecule has 1 N–H and O–H groups in total. The number of benzene rings is 2. The first-order valence-electron chi connectivity index (χ1n) is 9.76. The Balaban J connectivity index is 1.63. The Kier molecular flexibility index (Phi) is 4.70. The van der Waals surface area contributed by atoms with Gasteiger partial charge in [-0.2, -0.15) is 23.0 Å². The number of nitrogens with zero attached hydrogens (tertiary/aromatic N) is 3. The van der Waals surface area contributed by atoms with Crippen LogP contribution in [0.2, 0.25) is 0 Å². The van der Waals surface area contributed by atoms with Crippen molar-refractivity contribution in [1.82, 2.24) is 14.8 Å². The van der Waals surface area contributed by atoms with E-state index < -0.39 is 17.7 Å². The van der Waals surface area contributed by atoms with Crippen LogP contribution in [0, 0.1) is 6.92 Å². The fourth-order valence-corrected chi connectivity index (χ4v) is 4.96. The lowest BCUT2D eigenvalue weighted by Gasteiger charge is -2.24. The smallest absolute Gasteiger partial charge is 0.416 e. The third-order valence-corrected chi connectivity index (χ3v) is 6.48. The molecular weight excluding hydrogens is 441 g/mol. The Morgan fingerprint density at radius 1 is 1.22 bits per heavy atom. The SMILES string of the molecule is COc1ccc2nc(-n3nc(C)c4c3NC(=O)C[C@H]4c3cccc(C(F)(F)F)c3)sc2c1. The molecule has 0 bridgehead atoms. The third kappa shape index (κ3) is 3.40. The number of carbonyl (C=O) groups excluding carboxylic acids is 1. The Morgan fingerprint density at radius 2 is 2.03 bits per heavy atom. The minimum absolute atomic E-state index is 0.0396. The average molecular weight is 458 g/mol. The van der Waals surface area contributed by atoms with Crippen molar-refractivity contribution in [2.24, 2.45) is 0 Å². The number of anilines is 1. The molecule has 4 aromatic rings. The molecule has 1 amide bonds. The van der Waals surface area contributed by atoms with Crippen molar-refractivity contribution >= 4 is 33.3 Å². The number of alkyl halides is 3. The molecule has 1 aliphatic rings. The van der Waals surface area contributed by atoms with Crippen molar-refractivity contribution in [2.75, 3.05) is 12.4 Å². The highest BCUT2D eigenvalue weighted by molar-refractivity contribution is 7.20. The zero-order chi connectivity index (χ0) is 22.6. The van der Waals surface area contributed by atoms with Gasteiger partial charge < -0.3 is 10.1 Å². The first-order chi connectivity index (χ1) is 15.2. The molecule has 0 fully saturated rings. The number of hydrogen-bond acceptors (Lipinski definition) is 5. The molecule has 164 valence electrons. The molecule has 0 unspecified atom stereocenters. The number of halogens is 3. The van der Waals surface area contributed by atoms with Crippen molar-refractivity contribution in [3.63, 3.8) is 0 Å². The summed E-state index contributed by atoms with van der Waals surface area (Å²) in [5, 5.41) is 7.96. The van der Waals surface area contributed by atoms with Gasteiger partial charge in [0.05, 0.1) is 28.6 Å². The number of methoxy groups -OCH3 is 1. The molecule has 5 rings (SSSR count). The maximum absolute atomic E-state index is 13.3. The summed E-state index contributed by atoms with van der Waals surface area (Å²) >= 11 is 1.38. The number of carbonyl (C=O) groups is 1. The van der Waals surface area contributed by atoms with Gasteiger partial charge in [-0.05, 0) is 36.8 Å². The topological polar surface area (TPSA) is 69.0 Å². The summed E-state index contributed by atoms with van der Waals surface area (Å²) in [5.41, 5.74) is 1.75. The van der Waals surface area contributed by atoms with E-state index in [1.54, 1.807) is 30.8 Å². The molecule has 10 heteroatoms. The van der Waals surface area contributed by atoms with Crippen LogP contribution in [0.25, 0.3) is 15.3 Å². The molecular formula is C22H17F3N4O2S. The minimum atomic E-state index is -4.46. The van der Waals surface area contributed by atoms with Gasteiger partial charge in [-0.25, -0.2) is 4.98 Å². The van der Waals surface area contributed by atoms with Crippen LogP contribution in [-0.4, -0.2) is 27.8 Å². The van der Waals surface area contributed by atoms with E-state index in [9.17, 15) is 18.0 Å². The second kappa shape index (κ2) is 7.33. The van der Waals surface area contributed by atoms with Gasteiger partial charge in [0.1, 0.15) is 11.6 Å². The van der Waals surface area contributed by atoms with Crippen molar-refractivity contribution in [1.29, 1.82) is 0 Å². The van der Waals surface area contributed by atoms with Crippen LogP contribution in [0.3, 0.4) is 0 Å². The lowest BCUT2D eigenvalue weighted by molar-refractivity contribution is -0.137. The highest BCUT2D eigenvalue weighted by atomic mass is 32.1. The van der Waals surface area contributed by atoms with E-state index in [4.69, 9.17) is 4.74 Å². The largest absolute Gasteiger partial charge is 0.497 e. The fourth-order valence-electron chi connectivity index (χ4n) is 4.01. The molecule has 3 heterocycles. The molecule has 2 aromatic heterocycles. The number of thiazole rings is 1. The summed E-state index contributed by atoms with van der Waals surface area (Å²) in [4.78, 5) is 17.1. The minimum Gasteiger partial charge on any atom is -0.497 e. The van der Waals surface area contributed by atoms with Gasteiger partial charge in [-0.1, -0.05) is 29.5 Å². The summed E-state index contributed by atoms with van der Waals surface area (Å²) < 4.78 is 47.5. The predicted molar refractivity (Wildman–Crippen MR) is 115 cm³/mol. The third-order valence-electron chi connectivity index (χ3n) is 5.48. The van der Waals surface area contributed by atoms with Gasteiger partial charge in [0.2, 0.25) is 11.0 Å². The first-order valence-corrected chi connectivity index (χ1v) is 10.6. The van der Waals surface area contributed by atoms with E-state index in [0.29, 0.717) is 33.5 Å². The predicted octanol–water partition coefficient (Wildman–Crippen LogP) is 5.29. The molecule has 1 aliphatic heterocycles. The Hall–Kier alpha value is -3.40. The van der Waals surface area contributed by atoms with Crippen molar-refractivity contribution in [3.05, 3.63) is 64.8 Å². The van der Waals surface area contributed by atoms with E-state index in [2.05, 4.69) is 15.4 Å². The van der Waals surface area contributed by atoms with Crippen LogP contribution in [0.4, 0.5) is 19.0 Å². The molecule has 0 radical (unpaired) electrons. The van der Waals surface area contributed by atoms with Gasteiger partial charge in [0.25, 0.3) is 0 Å². The molecule has 2 aromatic carbocycles. The van der Waals surface area contributed by atoms with Crippen LogP contribution < -0.4 is 10.1 Å². The van der Waals surface area contributed by atoms with Gasteiger partial charge in [0.15, 0.2) is 0 Å². The number of rotatable bonds is 3. The normalized spacial score (nSPS) is 16.2. The zero-order valence-electron chi connectivity index (χ0n) is 17.0. The summed E-state index contributed by atoms with van der Waals surface area (Å²) in [7, 11) is 1.58. The monoisotopic (exact) mass is 458 g/mol. The van der Waals surface area contributed by atoms with Crippen LogP contribution in [0.1, 0.15) is 34.7 Å². The molecule has 32 heavy (non-hydrogen) atoms. The summed E-state index contributed by atoms with van der Waals surface area (Å²) in [6.07, 6.45) is -4.42. The van der Waals surface area contributed by atoms with Gasteiger partial charge in [0, 0.05) is 17.9 Å². The van der Waals surface area contributed by atoms with Crippen LogP contribution in [0.15, 0.2) is 42.5 Å². The maximum Gasteiger partial charge on any atom is 0.416 e. The molecule has 0 spiro atoms. The maximum atomic E-state index is 13.3. The molecule has 6 nitrogen and oxygen atoms in total. The number of aryl methyl sites for hydroxylation is 1. The zero-order valence-corrected chi connectivity index (χ0v) is 17.8. The van der Waals surface area contributed by atoms with Crippen molar-refractivity contribution in [2.45, 2.75) is 25.4 Å². The van der Waals surface area contributed by atoms with E-state index >= 15 is 0 Å². The van der Waals surface area contributed by atoms with E-state index in [1.165, 1.54) is 17.4 Å². The molecule has 0 saturated heterocycles. The number of amides is 1. The van der Waals surface area contributed by atoms with Crippen molar-refractivity contribution < 1.29 is 22.7 Å². The fraction of sp³-hybridized carbons (Fsp3) is 0.227. The summed E-state index contributed by atoms with van der Waals surface area (Å²) in [5.74, 6) is 0.310. The lowest BCUT2D eigenvalue weighted by atomic mass is 9.85. The second-order valence-electron chi connectivity index (χ2n) is 7.52. The van der Waals surface area contributed by atoms with Crippen LogP contribution in [-0.2, 0) is 11.0 Å². The van der Waals surface area contributed by atoms with Crippen LogP contribution in [0.5, 0.6) is 5.75 Å². The number of fused-ring (bicyclic) bond motifs is 2. The van der Waals surface area contributed by atoms with Crippen molar-refractivity contribution in [3.8, 4) is 10.9 Å². The molecule has 0 aliphatic carbocycles. The van der Waals surface area contributed by atoms with E-state index in [0.717, 1.165) is 22.3 Å². The lowest BCUT2D eigenvalue weighted by Crippen LogP contribution is -2.25. The van der Waals surface area contributed by atoms with Gasteiger partial charge in [-0.3, -0.25) is 4.79 Å². The Bertz CT molecular complexity index is 1360. The number of ether oxygens (including phenoxy) is 1. The first kappa shape index (κ1) is 20.5. The molecule has 1 atom stereocenters. The van der Waals surface area contributed by atoms with Gasteiger partial charge >= 0.3 is 6.18 Å². The van der Waals surface area contributed by atoms with Crippen LogP contribution >= 0.6 is 11.3 Å². The quantitative estimate of drug-likeness (QED) is 0.453. The Labute approximate surface area is 184 Å². The average Bonchev–Trinajstić information content (AvgIpc) is 3.32. The summed E-state index contributed by atoms with van der Waals surface area (Å²) in [6.45, 7) is 1.78. The number of hydrogen-bond donors (Lipinski definition) is 1. The highest BCUT2D eigenvalue weighted by Gasteiger charge is 2.35. The highest BCUT2D eigenvalue weighted by Crippen LogP contribution is 2.42. The van der Waals surface area contributed by atoms with E-state index in [1.807, 2.05) is 12.1 Å². The number of nitrogens with one attached hydrogen (secondary N) is 1. The Morgan fingerprint density at radius 3 is 2.78 bits per heavy atom. The van der Waals surface area contributed by atoms with Gasteiger partial charge in [-0.15, -0.1) is 0 Å². The molecule has 0 saturated carbocycles. The second-order valence-corrected chi connectivity index (χ2v) is 8.53.